The van der Waals surface area contributed by atoms with Crippen molar-refractivity contribution in [2.75, 3.05) is 0 Å². The molecule has 0 N–H and O–H groups in total. The summed E-state index contributed by atoms with van der Waals surface area (Å²) in [6.07, 6.45) is -4.40. The minimum Gasteiger partial charge on any atom is -0.207 e. The number of hydrogen-bond donors (Lipinski definition) is 0. The highest BCUT2D eigenvalue weighted by Gasteiger charge is 2.31. The van der Waals surface area contributed by atoms with E-state index in [9.17, 15) is 17.6 Å². The molecule has 0 amide bonds. The van der Waals surface area contributed by atoms with Gasteiger partial charge in [0.05, 0.1) is 10.9 Å². The molecule has 0 aliphatic carbocycles. The molecular weight excluding hydrogens is 360 g/mol. The van der Waals surface area contributed by atoms with Crippen molar-refractivity contribution in [3.8, 4) is 0 Å². The second kappa shape index (κ2) is 5.74. The quantitative estimate of drug-likeness (QED) is 0.455. The number of rotatable bonds is 2. The molecule has 1 atom stereocenters. The van der Waals surface area contributed by atoms with E-state index in [1.54, 1.807) is 0 Å². The molecule has 6 heteroatoms. The van der Waals surface area contributed by atoms with Gasteiger partial charge in [-0.1, -0.05) is 34.1 Å². The summed E-state index contributed by atoms with van der Waals surface area (Å²) in [5.74, 6) is -0.399. The molecule has 0 spiro atoms. The van der Waals surface area contributed by atoms with Gasteiger partial charge < -0.3 is 0 Å². The van der Waals surface area contributed by atoms with Crippen molar-refractivity contribution in [3.63, 3.8) is 0 Å². The van der Waals surface area contributed by atoms with Crippen LogP contribution in [0, 0.1) is 5.82 Å². The van der Waals surface area contributed by atoms with E-state index in [0.29, 0.717) is 11.1 Å². The predicted octanol–water partition coefficient (Wildman–Crippen LogP) is 5.94. The molecule has 0 nitrogen and oxygen atoms in total. The van der Waals surface area contributed by atoms with Gasteiger partial charge in [0, 0.05) is 4.47 Å². The molecular formula is C14H8BrClF4. The van der Waals surface area contributed by atoms with E-state index in [1.165, 1.54) is 30.3 Å². The average molecular weight is 368 g/mol. The summed E-state index contributed by atoms with van der Waals surface area (Å²) in [6, 6.07) is 8.76. The summed E-state index contributed by atoms with van der Waals surface area (Å²) in [4.78, 5) is 0. The van der Waals surface area contributed by atoms with E-state index >= 15 is 0 Å². The Labute approximate surface area is 126 Å². The summed E-state index contributed by atoms with van der Waals surface area (Å²) in [6.45, 7) is 0. The third-order valence-electron chi connectivity index (χ3n) is 2.76. The highest BCUT2D eigenvalue weighted by Crippen LogP contribution is 2.37. The second-order valence-corrected chi connectivity index (χ2v) is 5.44. The van der Waals surface area contributed by atoms with E-state index in [1.807, 2.05) is 0 Å². The van der Waals surface area contributed by atoms with Gasteiger partial charge in [0.25, 0.3) is 0 Å². The van der Waals surface area contributed by atoms with Crippen molar-refractivity contribution >= 4 is 27.5 Å². The molecule has 0 aliphatic heterocycles. The lowest BCUT2D eigenvalue weighted by Crippen LogP contribution is -2.05. The zero-order valence-corrected chi connectivity index (χ0v) is 12.2. The standard InChI is InChI=1S/C14H8BrClF4/c15-12-7-9(14(18,19)20)3-6-11(12)13(16)8-1-4-10(17)5-2-8/h1-7,13H/t13-/m1/s1. The Bertz CT molecular complexity index is 608. The Balaban J connectivity index is 2.36. The molecule has 0 fully saturated rings. The fourth-order valence-corrected chi connectivity index (χ4v) is 2.80. The van der Waals surface area contributed by atoms with Crippen LogP contribution in [-0.2, 0) is 6.18 Å². The zero-order chi connectivity index (χ0) is 14.9. The van der Waals surface area contributed by atoms with Crippen molar-refractivity contribution < 1.29 is 17.6 Å². The largest absolute Gasteiger partial charge is 0.416 e. The van der Waals surface area contributed by atoms with Crippen LogP contribution in [0.4, 0.5) is 17.6 Å². The maximum atomic E-state index is 12.8. The molecule has 0 heterocycles. The van der Waals surface area contributed by atoms with Gasteiger partial charge in [-0.05, 0) is 35.4 Å². The summed E-state index contributed by atoms with van der Waals surface area (Å²) in [7, 11) is 0. The molecule has 2 aromatic carbocycles. The molecule has 0 unspecified atom stereocenters. The lowest BCUT2D eigenvalue weighted by atomic mass is 10.0. The molecule has 20 heavy (non-hydrogen) atoms. The van der Waals surface area contributed by atoms with E-state index in [-0.39, 0.29) is 4.47 Å². The molecule has 0 bridgehead atoms. The fraction of sp³-hybridized carbons (Fsp3) is 0.143. The van der Waals surface area contributed by atoms with Crippen LogP contribution in [0.5, 0.6) is 0 Å². The normalized spacial score (nSPS) is 13.3. The number of halogens is 6. The Morgan fingerprint density at radius 2 is 1.60 bits per heavy atom. The summed E-state index contributed by atoms with van der Waals surface area (Å²) in [5.41, 5.74) is 0.343. The molecule has 0 saturated heterocycles. The molecule has 0 saturated carbocycles. The van der Waals surface area contributed by atoms with Crippen molar-refractivity contribution in [1.82, 2.24) is 0 Å². The third-order valence-corrected chi connectivity index (χ3v) is 3.94. The first-order valence-corrected chi connectivity index (χ1v) is 6.78. The van der Waals surface area contributed by atoms with Gasteiger partial charge in [0.2, 0.25) is 0 Å². The summed E-state index contributed by atoms with van der Waals surface area (Å²) >= 11 is 9.32. The maximum absolute atomic E-state index is 12.8. The maximum Gasteiger partial charge on any atom is 0.416 e. The van der Waals surface area contributed by atoms with Crippen molar-refractivity contribution in [2.24, 2.45) is 0 Å². The highest BCUT2D eigenvalue weighted by atomic mass is 79.9. The van der Waals surface area contributed by atoms with Crippen LogP contribution in [0.2, 0.25) is 0 Å². The first kappa shape index (κ1) is 15.3. The van der Waals surface area contributed by atoms with Crippen LogP contribution in [0.15, 0.2) is 46.9 Å². The lowest BCUT2D eigenvalue weighted by molar-refractivity contribution is -0.137. The topological polar surface area (TPSA) is 0 Å². The highest BCUT2D eigenvalue weighted by molar-refractivity contribution is 9.10. The lowest BCUT2D eigenvalue weighted by Gasteiger charge is -2.14. The van der Waals surface area contributed by atoms with Gasteiger partial charge in [-0.2, -0.15) is 13.2 Å². The van der Waals surface area contributed by atoms with Crippen LogP contribution in [0.1, 0.15) is 22.1 Å². The van der Waals surface area contributed by atoms with Crippen molar-refractivity contribution in [3.05, 3.63) is 69.4 Å². The molecule has 0 radical (unpaired) electrons. The van der Waals surface area contributed by atoms with E-state index in [2.05, 4.69) is 15.9 Å². The van der Waals surface area contributed by atoms with Crippen LogP contribution in [0.25, 0.3) is 0 Å². The Morgan fingerprint density at radius 1 is 1.00 bits per heavy atom. The SMILES string of the molecule is Fc1ccc([C@@H](Cl)c2ccc(C(F)(F)F)cc2Br)cc1. The van der Waals surface area contributed by atoms with Gasteiger partial charge in [-0.15, -0.1) is 11.6 Å². The van der Waals surface area contributed by atoms with Gasteiger partial charge in [-0.25, -0.2) is 4.39 Å². The number of hydrogen-bond acceptors (Lipinski definition) is 0. The third kappa shape index (κ3) is 3.33. The van der Waals surface area contributed by atoms with E-state index in [0.717, 1.165) is 12.1 Å². The number of benzene rings is 2. The van der Waals surface area contributed by atoms with Crippen LogP contribution < -0.4 is 0 Å². The smallest absolute Gasteiger partial charge is 0.207 e. The molecule has 106 valence electrons. The predicted molar refractivity (Wildman–Crippen MR) is 73.2 cm³/mol. The Kier molecular flexibility index (Phi) is 4.39. The first-order chi connectivity index (χ1) is 9.29. The zero-order valence-electron chi connectivity index (χ0n) is 9.89. The van der Waals surface area contributed by atoms with Crippen LogP contribution in [-0.4, -0.2) is 0 Å². The molecule has 2 aromatic rings. The monoisotopic (exact) mass is 366 g/mol. The first-order valence-electron chi connectivity index (χ1n) is 5.55. The van der Waals surface area contributed by atoms with Gasteiger partial charge in [-0.3, -0.25) is 0 Å². The van der Waals surface area contributed by atoms with Gasteiger partial charge in [0.1, 0.15) is 5.82 Å². The van der Waals surface area contributed by atoms with Crippen LogP contribution >= 0.6 is 27.5 Å². The van der Waals surface area contributed by atoms with Crippen molar-refractivity contribution in [2.45, 2.75) is 11.6 Å². The minimum atomic E-state index is -4.40. The molecule has 0 aromatic heterocycles. The van der Waals surface area contributed by atoms with E-state index in [4.69, 9.17) is 11.6 Å². The number of alkyl halides is 4. The minimum absolute atomic E-state index is 0.261. The molecule has 2 rings (SSSR count). The van der Waals surface area contributed by atoms with E-state index < -0.39 is 22.9 Å². The van der Waals surface area contributed by atoms with Gasteiger partial charge in [0.15, 0.2) is 0 Å². The van der Waals surface area contributed by atoms with Gasteiger partial charge >= 0.3 is 6.18 Å². The Morgan fingerprint density at radius 3 is 2.10 bits per heavy atom. The Hall–Kier alpha value is -1.07. The van der Waals surface area contributed by atoms with Crippen molar-refractivity contribution in [1.29, 1.82) is 0 Å². The second-order valence-electron chi connectivity index (χ2n) is 4.15. The molecule has 0 aliphatic rings. The average Bonchev–Trinajstić information content (AvgIpc) is 2.37. The summed E-state index contributed by atoms with van der Waals surface area (Å²) < 4.78 is 50.8. The summed E-state index contributed by atoms with van der Waals surface area (Å²) in [5, 5.41) is -0.660. The van der Waals surface area contributed by atoms with Crippen LogP contribution in [0.3, 0.4) is 0 Å². The fourth-order valence-electron chi connectivity index (χ4n) is 1.72.